The molecule has 2 aliphatic rings. The number of nitrogens with one attached hydrogen (secondary N) is 1. The van der Waals surface area contributed by atoms with E-state index in [1.165, 1.54) is 0 Å². The van der Waals surface area contributed by atoms with Gasteiger partial charge in [0.15, 0.2) is 5.82 Å². The SMILES string of the molecule is CN1CCN(CC2CCN(c3nccc4[nH]c(-c5cc(F)cc(C(F)(F)F)c5)nc34)CC2)CC1. The lowest BCUT2D eigenvalue weighted by Crippen LogP contribution is -2.47. The quantitative estimate of drug-likeness (QED) is 0.571. The van der Waals surface area contributed by atoms with E-state index in [0.717, 1.165) is 70.8 Å². The van der Waals surface area contributed by atoms with Crippen LogP contribution in [0, 0.1) is 11.7 Å². The minimum Gasteiger partial charge on any atom is -0.355 e. The molecule has 2 fully saturated rings. The number of fused-ring (bicyclic) bond motifs is 1. The zero-order valence-corrected chi connectivity index (χ0v) is 19.1. The number of imidazole rings is 1. The maximum absolute atomic E-state index is 13.9. The monoisotopic (exact) mass is 476 g/mol. The Morgan fingerprint density at radius 3 is 2.47 bits per heavy atom. The molecule has 10 heteroatoms. The highest BCUT2D eigenvalue weighted by Gasteiger charge is 2.32. The number of pyridine rings is 1. The molecule has 4 heterocycles. The van der Waals surface area contributed by atoms with Gasteiger partial charge in [0.25, 0.3) is 0 Å². The standard InChI is InChI=1S/C24H28F4N6/c1-32-8-10-33(11-9-32)15-16-3-6-34(7-4-16)23-21-20(2-5-29-23)30-22(31-21)17-12-18(24(26,27)28)14-19(25)13-17/h2,5,12-14,16H,3-4,6-11,15H2,1H3,(H,30,31). The van der Waals surface area contributed by atoms with E-state index in [4.69, 9.17) is 0 Å². The van der Waals surface area contributed by atoms with Crippen molar-refractivity contribution >= 4 is 16.9 Å². The maximum Gasteiger partial charge on any atom is 0.416 e. The third-order valence-electron chi connectivity index (χ3n) is 6.91. The van der Waals surface area contributed by atoms with Gasteiger partial charge in [0, 0.05) is 57.6 Å². The van der Waals surface area contributed by atoms with Crippen molar-refractivity contribution in [2.24, 2.45) is 5.92 Å². The lowest BCUT2D eigenvalue weighted by molar-refractivity contribution is -0.137. The van der Waals surface area contributed by atoms with Gasteiger partial charge < -0.3 is 19.7 Å². The van der Waals surface area contributed by atoms with Crippen molar-refractivity contribution in [2.75, 3.05) is 57.8 Å². The zero-order chi connectivity index (χ0) is 23.9. The minimum atomic E-state index is -4.63. The Balaban J connectivity index is 1.33. The van der Waals surface area contributed by atoms with Gasteiger partial charge in [0.05, 0.1) is 11.1 Å². The molecule has 0 radical (unpaired) electrons. The third kappa shape index (κ3) is 4.88. The molecular weight excluding hydrogens is 448 g/mol. The first-order valence-electron chi connectivity index (χ1n) is 11.6. The molecular formula is C24H28F4N6. The number of benzene rings is 1. The predicted octanol–water partition coefficient (Wildman–Crippen LogP) is 4.25. The highest BCUT2D eigenvalue weighted by atomic mass is 19.4. The molecule has 1 N–H and O–H groups in total. The van der Waals surface area contributed by atoms with Gasteiger partial charge >= 0.3 is 6.18 Å². The Morgan fingerprint density at radius 2 is 1.76 bits per heavy atom. The molecule has 2 aromatic heterocycles. The van der Waals surface area contributed by atoms with Gasteiger partial charge in [-0.25, -0.2) is 14.4 Å². The van der Waals surface area contributed by atoms with Crippen LogP contribution in [0.4, 0.5) is 23.4 Å². The maximum atomic E-state index is 13.9. The molecule has 2 saturated heterocycles. The number of piperidine rings is 1. The van der Waals surface area contributed by atoms with Crippen molar-refractivity contribution < 1.29 is 17.6 Å². The van der Waals surface area contributed by atoms with Crippen molar-refractivity contribution in [3.63, 3.8) is 0 Å². The van der Waals surface area contributed by atoms with Gasteiger partial charge in [-0.2, -0.15) is 13.2 Å². The summed E-state index contributed by atoms with van der Waals surface area (Å²) in [7, 11) is 2.16. The zero-order valence-electron chi connectivity index (χ0n) is 19.1. The summed E-state index contributed by atoms with van der Waals surface area (Å²) >= 11 is 0. The fraction of sp³-hybridized carbons (Fsp3) is 0.500. The summed E-state index contributed by atoms with van der Waals surface area (Å²) < 4.78 is 53.4. The number of hydrogen-bond donors (Lipinski definition) is 1. The van der Waals surface area contributed by atoms with E-state index >= 15 is 0 Å². The van der Waals surface area contributed by atoms with Crippen LogP contribution in [0.25, 0.3) is 22.4 Å². The van der Waals surface area contributed by atoms with Gasteiger partial charge in [-0.05, 0) is 50.1 Å². The van der Waals surface area contributed by atoms with E-state index < -0.39 is 17.6 Å². The largest absolute Gasteiger partial charge is 0.416 e. The van der Waals surface area contributed by atoms with Gasteiger partial charge in [-0.15, -0.1) is 0 Å². The number of aromatic amines is 1. The first-order valence-corrected chi connectivity index (χ1v) is 11.6. The van der Waals surface area contributed by atoms with Crippen molar-refractivity contribution in [1.29, 1.82) is 0 Å². The first kappa shape index (κ1) is 23.0. The number of alkyl halides is 3. The summed E-state index contributed by atoms with van der Waals surface area (Å²) in [5.74, 6) is 0.595. The van der Waals surface area contributed by atoms with Crippen LogP contribution < -0.4 is 4.90 Å². The number of likely N-dealkylation sites (N-methyl/N-ethyl adjacent to an activating group) is 1. The number of aromatic nitrogens is 3. The molecule has 0 bridgehead atoms. The molecule has 0 amide bonds. The van der Waals surface area contributed by atoms with Crippen LogP contribution in [-0.4, -0.2) is 77.6 Å². The highest BCUT2D eigenvalue weighted by Crippen LogP contribution is 2.34. The Hall–Kier alpha value is -2.72. The summed E-state index contributed by atoms with van der Waals surface area (Å²) in [4.78, 5) is 19.2. The van der Waals surface area contributed by atoms with Crippen LogP contribution in [-0.2, 0) is 6.18 Å². The van der Waals surface area contributed by atoms with Crippen LogP contribution in [0.1, 0.15) is 18.4 Å². The molecule has 6 nitrogen and oxygen atoms in total. The molecule has 0 saturated carbocycles. The Bertz CT molecular complexity index is 1140. The van der Waals surface area contributed by atoms with Crippen LogP contribution in [0.15, 0.2) is 30.5 Å². The lowest BCUT2D eigenvalue weighted by atomic mass is 9.96. The molecule has 0 unspecified atom stereocenters. The number of piperazine rings is 1. The van der Waals surface area contributed by atoms with Crippen molar-refractivity contribution in [2.45, 2.75) is 19.0 Å². The third-order valence-corrected chi connectivity index (χ3v) is 6.91. The number of nitrogens with zero attached hydrogens (tertiary/aromatic N) is 5. The second-order valence-electron chi connectivity index (χ2n) is 9.38. The van der Waals surface area contributed by atoms with Crippen LogP contribution in [0.2, 0.25) is 0 Å². The number of rotatable bonds is 4. The molecule has 0 atom stereocenters. The Labute approximate surface area is 195 Å². The van der Waals surface area contributed by atoms with E-state index in [0.29, 0.717) is 28.8 Å². The second-order valence-corrected chi connectivity index (χ2v) is 9.38. The van der Waals surface area contributed by atoms with Crippen LogP contribution >= 0.6 is 0 Å². The van der Waals surface area contributed by atoms with E-state index in [2.05, 4.69) is 36.7 Å². The van der Waals surface area contributed by atoms with Crippen LogP contribution in [0.5, 0.6) is 0 Å². The topological polar surface area (TPSA) is 51.3 Å². The van der Waals surface area contributed by atoms with Gasteiger partial charge in [-0.3, -0.25) is 0 Å². The van der Waals surface area contributed by atoms with Gasteiger partial charge in [0.2, 0.25) is 0 Å². The number of anilines is 1. The molecule has 2 aliphatic heterocycles. The van der Waals surface area contributed by atoms with E-state index in [1.807, 2.05) is 0 Å². The average molecular weight is 477 g/mol. The van der Waals surface area contributed by atoms with Crippen molar-refractivity contribution in [3.05, 3.63) is 41.8 Å². The molecule has 182 valence electrons. The van der Waals surface area contributed by atoms with E-state index in [-0.39, 0.29) is 11.4 Å². The Morgan fingerprint density at radius 1 is 1.03 bits per heavy atom. The second kappa shape index (κ2) is 9.14. The summed E-state index contributed by atoms with van der Waals surface area (Å²) in [6, 6.07) is 4.20. The number of hydrogen-bond acceptors (Lipinski definition) is 5. The summed E-state index contributed by atoms with van der Waals surface area (Å²) in [5, 5.41) is 0. The minimum absolute atomic E-state index is 0.0559. The summed E-state index contributed by atoms with van der Waals surface area (Å²) in [6.45, 7) is 7.28. The number of halogens is 4. The fourth-order valence-electron chi connectivity index (χ4n) is 4.90. The van der Waals surface area contributed by atoms with E-state index in [9.17, 15) is 17.6 Å². The molecule has 0 aliphatic carbocycles. The first-order chi connectivity index (χ1) is 16.3. The lowest BCUT2D eigenvalue weighted by Gasteiger charge is -2.38. The predicted molar refractivity (Wildman–Crippen MR) is 123 cm³/mol. The van der Waals surface area contributed by atoms with Crippen LogP contribution in [0.3, 0.4) is 0 Å². The van der Waals surface area contributed by atoms with Crippen molar-refractivity contribution in [1.82, 2.24) is 24.8 Å². The summed E-state index contributed by atoms with van der Waals surface area (Å²) in [6.07, 6.45) is -0.853. The van der Waals surface area contributed by atoms with Gasteiger partial charge in [0.1, 0.15) is 17.2 Å². The highest BCUT2D eigenvalue weighted by molar-refractivity contribution is 5.88. The Kier molecular flexibility index (Phi) is 6.20. The average Bonchev–Trinajstić information content (AvgIpc) is 3.25. The summed E-state index contributed by atoms with van der Waals surface area (Å²) in [5.41, 5.74) is 0.273. The molecule has 34 heavy (non-hydrogen) atoms. The number of H-pyrrole nitrogens is 1. The smallest absolute Gasteiger partial charge is 0.355 e. The van der Waals surface area contributed by atoms with Gasteiger partial charge in [-0.1, -0.05) is 0 Å². The van der Waals surface area contributed by atoms with Crippen molar-refractivity contribution in [3.8, 4) is 11.4 Å². The molecule has 5 rings (SSSR count). The fourth-order valence-corrected chi connectivity index (χ4v) is 4.90. The normalized spacial score (nSPS) is 19.3. The molecule has 0 spiro atoms. The molecule has 1 aromatic carbocycles. The molecule has 3 aromatic rings. The van der Waals surface area contributed by atoms with E-state index in [1.54, 1.807) is 12.3 Å².